The minimum Gasteiger partial charge on any atom is -0.496 e. The lowest BCUT2D eigenvalue weighted by Crippen LogP contribution is -2.01. The van der Waals surface area contributed by atoms with Crippen LogP contribution < -0.4 is 9.47 Å². The first kappa shape index (κ1) is 15.4. The summed E-state index contributed by atoms with van der Waals surface area (Å²) < 4.78 is 11.4. The topological polar surface area (TPSA) is 38.7 Å². The number of aliphatic hydroxyl groups is 1. The molecule has 0 saturated carbocycles. The number of methoxy groups -OCH3 is 1. The zero-order valence-electron chi connectivity index (χ0n) is 13.0. The van der Waals surface area contributed by atoms with Crippen molar-refractivity contribution in [1.82, 2.24) is 0 Å². The molecule has 3 heteroatoms. The monoisotopic (exact) mass is 286 g/mol. The molecular weight excluding hydrogens is 264 g/mol. The summed E-state index contributed by atoms with van der Waals surface area (Å²) in [6, 6.07) is 13.5. The summed E-state index contributed by atoms with van der Waals surface area (Å²) in [5.41, 5.74) is 1.80. The molecule has 0 aliphatic heterocycles. The highest BCUT2D eigenvalue weighted by Gasteiger charge is 2.17. The van der Waals surface area contributed by atoms with E-state index in [1.54, 1.807) is 14.0 Å². The van der Waals surface area contributed by atoms with Gasteiger partial charge in [-0.3, -0.25) is 0 Å². The number of para-hydroxylation sites is 1. The smallest absolute Gasteiger partial charge is 0.136 e. The zero-order chi connectivity index (χ0) is 15.4. The van der Waals surface area contributed by atoms with Crippen molar-refractivity contribution >= 4 is 0 Å². The van der Waals surface area contributed by atoms with Crippen LogP contribution in [0.4, 0.5) is 0 Å². The van der Waals surface area contributed by atoms with E-state index in [-0.39, 0.29) is 0 Å². The lowest BCUT2D eigenvalue weighted by molar-refractivity contribution is 0.190. The summed E-state index contributed by atoms with van der Waals surface area (Å²) in [7, 11) is 1.59. The third kappa shape index (κ3) is 3.37. The van der Waals surface area contributed by atoms with Gasteiger partial charge < -0.3 is 14.6 Å². The summed E-state index contributed by atoms with van der Waals surface area (Å²) >= 11 is 0. The van der Waals surface area contributed by atoms with Gasteiger partial charge in [0.25, 0.3) is 0 Å². The summed E-state index contributed by atoms with van der Waals surface area (Å²) in [5.74, 6) is 2.42. The molecule has 0 spiro atoms. The average Bonchev–Trinajstić information content (AvgIpc) is 2.47. The van der Waals surface area contributed by atoms with Crippen LogP contribution in [0.15, 0.2) is 42.5 Å². The van der Waals surface area contributed by atoms with Crippen molar-refractivity contribution in [2.45, 2.75) is 32.8 Å². The van der Waals surface area contributed by atoms with Crippen LogP contribution in [-0.2, 0) is 0 Å². The number of hydrogen-bond acceptors (Lipinski definition) is 3. The SMILES string of the molecule is COc1cccc(Oc2ccccc2C(C)C)c1[C@@H](C)O. The van der Waals surface area contributed by atoms with E-state index < -0.39 is 6.10 Å². The van der Waals surface area contributed by atoms with Crippen LogP contribution in [0.2, 0.25) is 0 Å². The standard InChI is InChI=1S/C18H22O3/c1-12(2)14-8-5-6-9-15(14)21-17-11-7-10-16(20-4)18(17)13(3)19/h5-13,19H,1-4H3/t13-/m1/s1. The Kier molecular flexibility index (Phi) is 4.86. The van der Waals surface area contributed by atoms with Crippen molar-refractivity contribution in [3.8, 4) is 17.2 Å². The van der Waals surface area contributed by atoms with Gasteiger partial charge in [0.1, 0.15) is 17.2 Å². The predicted molar refractivity (Wildman–Crippen MR) is 84.2 cm³/mol. The van der Waals surface area contributed by atoms with Gasteiger partial charge in [0, 0.05) is 0 Å². The Morgan fingerprint density at radius 3 is 2.10 bits per heavy atom. The molecule has 0 unspecified atom stereocenters. The average molecular weight is 286 g/mol. The highest BCUT2D eigenvalue weighted by atomic mass is 16.5. The molecule has 0 bridgehead atoms. The van der Waals surface area contributed by atoms with E-state index in [0.29, 0.717) is 23.0 Å². The van der Waals surface area contributed by atoms with E-state index in [1.165, 1.54) is 0 Å². The first-order valence-electron chi connectivity index (χ1n) is 7.16. The number of ether oxygens (including phenoxy) is 2. The highest BCUT2D eigenvalue weighted by Crippen LogP contribution is 2.38. The molecule has 1 atom stereocenters. The van der Waals surface area contributed by atoms with Crippen molar-refractivity contribution < 1.29 is 14.6 Å². The first-order valence-corrected chi connectivity index (χ1v) is 7.16. The molecule has 112 valence electrons. The van der Waals surface area contributed by atoms with E-state index in [0.717, 1.165) is 11.3 Å². The Morgan fingerprint density at radius 1 is 0.857 bits per heavy atom. The summed E-state index contributed by atoms with van der Waals surface area (Å²) in [6.07, 6.45) is -0.664. The van der Waals surface area contributed by atoms with E-state index >= 15 is 0 Å². The molecule has 2 aromatic carbocycles. The van der Waals surface area contributed by atoms with Gasteiger partial charge in [0.05, 0.1) is 18.8 Å². The molecular formula is C18H22O3. The third-order valence-electron chi connectivity index (χ3n) is 3.42. The fourth-order valence-electron chi connectivity index (χ4n) is 2.37. The minimum atomic E-state index is -0.664. The van der Waals surface area contributed by atoms with Crippen molar-refractivity contribution in [2.75, 3.05) is 7.11 Å². The Morgan fingerprint density at radius 2 is 1.48 bits per heavy atom. The molecule has 0 fully saturated rings. The fraction of sp³-hybridized carbons (Fsp3) is 0.333. The number of rotatable bonds is 5. The van der Waals surface area contributed by atoms with Gasteiger partial charge in [-0.2, -0.15) is 0 Å². The van der Waals surface area contributed by atoms with Crippen molar-refractivity contribution in [2.24, 2.45) is 0 Å². The number of aliphatic hydroxyl groups excluding tert-OH is 1. The van der Waals surface area contributed by atoms with Gasteiger partial charge in [-0.05, 0) is 36.6 Å². The second-order valence-corrected chi connectivity index (χ2v) is 5.34. The van der Waals surface area contributed by atoms with Gasteiger partial charge in [-0.25, -0.2) is 0 Å². The zero-order valence-corrected chi connectivity index (χ0v) is 13.0. The van der Waals surface area contributed by atoms with Crippen LogP contribution in [0.1, 0.15) is 43.9 Å². The fourth-order valence-corrected chi connectivity index (χ4v) is 2.37. The van der Waals surface area contributed by atoms with E-state index in [4.69, 9.17) is 9.47 Å². The molecule has 0 heterocycles. The highest BCUT2D eigenvalue weighted by molar-refractivity contribution is 5.49. The molecule has 0 aliphatic carbocycles. The van der Waals surface area contributed by atoms with Crippen LogP contribution in [0.3, 0.4) is 0 Å². The molecule has 0 radical (unpaired) electrons. The molecule has 0 aliphatic rings. The number of hydrogen-bond donors (Lipinski definition) is 1. The summed E-state index contributed by atoms with van der Waals surface area (Å²) in [5, 5.41) is 10.0. The lowest BCUT2D eigenvalue weighted by Gasteiger charge is -2.19. The van der Waals surface area contributed by atoms with Gasteiger partial charge in [0.2, 0.25) is 0 Å². The molecule has 0 saturated heterocycles. The second kappa shape index (κ2) is 6.64. The predicted octanol–water partition coefficient (Wildman–Crippen LogP) is 4.66. The van der Waals surface area contributed by atoms with Crippen LogP contribution >= 0.6 is 0 Å². The Bertz CT molecular complexity index is 603. The molecule has 0 amide bonds. The van der Waals surface area contributed by atoms with E-state index in [1.807, 2.05) is 36.4 Å². The molecule has 1 N–H and O–H groups in total. The van der Waals surface area contributed by atoms with Crippen molar-refractivity contribution in [1.29, 1.82) is 0 Å². The maximum atomic E-state index is 10.0. The normalized spacial score (nSPS) is 12.3. The molecule has 0 aromatic heterocycles. The van der Waals surface area contributed by atoms with Gasteiger partial charge in [-0.1, -0.05) is 38.1 Å². The molecule has 2 aromatic rings. The van der Waals surface area contributed by atoms with Gasteiger partial charge in [-0.15, -0.1) is 0 Å². The molecule has 21 heavy (non-hydrogen) atoms. The Balaban J connectivity index is 2.45. The van der Waals surface area contributed by atoms with Crippen LogP contribution in [-0.4, -0.2) is 12.2 Å². The Hall–Kier alpha value is -2.00. The van der Waals surface area contributed by atoms with Crippen molar-refractivity contribution in [3.63, 3.8) is 0 Å². The quantitative estimate of drug-likeness (QED) is 0.868. The summed E-state index contributed by atoms with van der Waals surface area (Å²) in [4.78, 5) is 0. The van der Waals surface area contributed by atoms with E-state index in [9.17, 15) is 5.11 Å². The largest absolute Gasteiger partial charge is 0.496 e. The lowest BCUT2D eigenvalue weighted by atomic mass is 10.0. The summed E-state index contributed by atoms with van der Waals surface area (Å²) in [6.45, 7) is 5.96. The van der Waals surface area contributed by atoms with Crippen LogP contribution in [0.25, 0.3) is 0 Å². The minimum absolute atomic E-state index is 0.363. The maximum Gasteiger partial charge on any atom is 0.136 e. The first-order chi connectivity index (χ1) is 10.0. The van der Waals surface area contributed by atoms with E-state index in [2.05, 4.69) is 19.9 Å². The van der Waals surface area contributed by atoms with Gasteiger partial charge >= 0.3 is 0 Å². The van der Waals surface area contributed by atoms with Gasteiger partial charge in [0.15, 0.2) is 0 Å². The molecule has 3 nitrogen and oxygen atoms in total. The third-order valence-corrected chi connectivity index (χ3v) is 3.42. The maximum absolute atomic E-state index is 10.0. The van der Waals surface area contributed by atoms with Crippen LogP contribution in [0, 0.1) is 0 Å². The van der Waals surface area contributed by atoms with Crippen molar-refractivity contribution in [3.05, 3.63) is 53.6 Å². The molecule has 2 rings (SSSR count). The number of benzene rings is 2. The Labute approximate surface area is 126 Å². The second-order valence-electron chi connectivity index (χ2n) is 5.34. The van der Waals surface area contributed by atoms with Crippen LogP contribution in [0.5, 0.6) is 17.2 Å².